The van der Waals surface area contributed by atoms with Gasteiger partial charge in [0.05, 0.1) is 11.3 Å². The van der Waals surface area contributed by atoms with Gasteiger partial charge in [0.15, 0.2) is 5.17 Å². The number of carbonyl (C=O) groups is 2. The zero-order valence-corrected chi connectivity index (χ0v) is 17.4. The molecule has 30 heavy (non-hydrogen) atoms. The molecular formula is C21H20F3N3O2S. The Labute approximate surface area is 176 Å². The van der Waals surface area contributed by atoms with Gasteiger partial charge in [-0.25, -0.2) is 4.99 Å². The number of nitrogens with zero attached hydrogens (tertiary/aromatic N) is 2. The van der Waals surface area contributed by atoms with Crippen LogP contribution in [0.1, 0.15) is 23.1 Å². The number of nitrogens with one attached hydrogen (secondary N) is 1. The van der Waals surface area contributed by atoms with E-state index < -0.39 is 22.9 Å². The molecule has 0 radical (unpaired) electrons. The standard InChI is InChI=1S/C21H20F3N3O2S/c1-12-7-8-16(9-13(12)2)26-20-27(3)19(29)17(30-20)11-18(28)25-15-6-4-5-14(10-15)21(22,23)24/h4-10,17H,11H2,1-3H3,(H,25,28)/t17-/m1/s1. The Hall–Kier alpha value is -2.81. The minimum Gasteiger partial charge on any atom is -0.326 e. The second-order valence-corrected chi connectivity index (χ2v) is 8.17. The normalized spacial score (nSPS) is 18.2. The van der Waals surface area contributed by atoms with E-state index in [0.29, 0.717) is 10.9 Å². The van der Waals surface area contributed by atoms with Crippen molar-refractivity contribution in [2.75, 3.05) is 12.4 Å². The summed E-state index contributed by atoms with van der Waals surface area (Å²) in [7, 11) is 1.58. The molecule has 1 aliphatic heterocycles. The van der Waals surface area contributed by atoms with Crippen LogP contribution in [0.5, 0.6) is 0 Å². The highest BCUT2D eigenvalue weighted by molar-refractivity contribution is 8.15. The van der Waals surface area contributed by atoms with Gasteiger partial charge in [0.1, 0.15) is 5.25 Å². The summed E-state index contributed by atoms with van der Waals surface area (Å²) in [5.41, 5.74) is 2.09. The summed E-state index contributed by atoms with van der Waals surface area (Å²) in [4.78, 5) is 30.7. The van der Waals surface area contributed by atoms with Gasteiger partial charge in [-0.15, -0.1) is 0 Å². The molecule has 0 bridgehead atoms. The monoisotopic (exact) mass is 435 g/mol. The Kier molecular flexibility index (Phi) is 6.21. The number of hydrogen-bond acceptors (Lipinski definition) is 4. The summed E-state index contributed by atoms with van der Waals surface area (Å²) < 4.78 is 38.5. The molecule has 0 unspecified atom stereocenters. The maximum Gasteiger partial charge on any atom is 0.416 e. The third-order valence-electron chi connectivity index (χ3n) is 4.70. The van der Waals surface area contributed by atoms with Crippen LogP contribution in [-0.2, 0) is 15.8 Å². The van der Waals surface area contributed by atoms with E-state index in [0.717, 1.165) is 35.0 Å². The number of hydrogen-bond donors (Lipinski definition) is 1. The lowest BCUT2D eigenvalue weighted by atomic mass is 10.1. The van der Waals surface area contributed by atoms with E-state index in [1.165, 1.54) is 17.0 Å². The van der Waals surface area contributed by atoms with Gasteiger partial charge in [-0.05, 0) is 55.3 Å². The number of halogens is 3. The van der Waals surface area contributed by atoms with E-state index in [-0.39, 0.29) is 18.0 Å². The Balaban J connectivity index is 1.68. The number of benzene rings is 2. The van der Waals surface area contributed by atoms with Crippen LogP contribution in [0.25, 0.3) is 0 Å². The van der Waals surface area contributed by atoms with Gasteiger partial charge in [0, 0.05) is 19.2 Å². The molecule has 0 saturated carbocycles. The maximum atomic E-state index is 12.8. The predicted octanol–water partition coefficient (Wildman–Crippen LogP) is 4.91. The van der Waals surface area contributed by atoms with Crippen LogP contribution < -0.4 is 5.32 Å². The Morgan fingerprint density at radius 3 is 2.57 bits per heavy atom. The van der Waals surface area contributed by atoms with Crippen molar-refractivity contribution in [3.8, 4) is 0 Å². The Morgan fingerprint density at radius 1 is 1.17 bits per heavy atom. The van der Waals surface area contributed by atoms with E-state index in [2.05, 4.69) is 10.3 Å². The number of amides is 2. The first-order valence-electron chi connectivity index (χ1n) is 9.12. The highest BCUT2D eigenvalue weighted by atomic mass is 32.2. The second kappa shape index (κ2) is 8.51. The van der Waals surface area contributed by atoms with Crippen molar-refractivity contribution in [3.05, 3.63) is 59.2 Å². The molecule has 1 aliphatic rings. The van der Waals surface area contributed by atoms with Gasteiger partial charge in [-0.3, -0.25) is 14.5 Å². The van der Waals surface area contributed by atoms with Gasteiger partial charge in [-0.1, -0.05) is 23.9 Å². The first-order valence-corrected chi connectivity index (χ1v) is 10.00. The number of thioether (sulfide) groups is 1. The van der Waals surface area contributed by atoms with Gasteiger partial charge in [0.25, 0.3) is 0 Å². The SMILES string of the molecule is Cc1ccc(N=C2S[C@H](CC(=O)Nc3cccc(C(F)(F)F)c3)C(=O)N2C)cc1C. The first-order chi connectivity index (χ1) is 14.0. The van der Waals surface area contributed by atoms with Crippen molar-refractivity contribution < 1.29 is 22.8 Å². The van der Waals surface area contributed by atoms with E-state index in [1.807, 2.05) is 32.0 Å². The molecule has 9 heteroatoms. The Bertz CT molecular complexity index is 1020. The van der Waals surface area contributed by atoms with Crippen molar-refractivity contribution in [2.45, 2.75) is 31.7 Å². The molecule has 1 fully saturated rings. The quantitative estimate of drug-likeness (QED) is 0.742. The number of alkyl halides is 3. The number of carbonyl (C=O) groups excluding carboxylic acids is 2. The van der Waals surface area contributed by atoms with Crippen molar-refractivity contribution in [3.63, 3.8) is 0 Å². The minimum absolute atomic E-state index is 0.0302. The van der Waals surface area contributed by atoms with E-state index in [1.54, 1.807) is 7.05 Å². The lowest BCUT2D eigenvalue weighted by molar-refractivity contribution is -0.137. The van der Waals surface area contributed by atoms with Crippen LogP contribution >= 0.6 is 11.8 Å². The second-order valence-electron chi connectivity index (χ2n) is 7.00. The van der Waals surface area contributed by atoms with Crippen molar-refractivity contribution in [1.29, 1.82) is 0 Å². The maximum absolute atomic E-state index is 12.8. The van der Waals surface area contributed by atoms with E-state index >= 15 is 0 Å². The summed E-state index contributed by atoms with van der Waals surface area (Å²) in [5, 5.41) is 2.22. The summed E-state index contributed by atoms with van der Waals surface area (Å²) >= 11 is 1.16. The highest BCUT2D eigenvalue weighted by Crippen LogP contribution is 2.32. The number of anilines is 1. The molecule has 0 aliphatic carbocycles. The molecular weight excluding hydrogens is 415 g/mol. The van der Waals surface area contributed by atoms with Crippen LogP contribution in [0.3, 0.4) is 0 Å². The molecule has 1 heterocycles. The summed E-state index contributed by atoms with van der Waals surface area (Å²) in [6.07, 6.45) is -4.67. The molecule has 1 saturated heterocycles. The lowest BCUT2D eigenvalue weighted by Gasteiger charge is -2.11. The van der Waals surface area contributed by atoms with Crippen LogP contribution in [0.15, 0.2) is 47.5 Å². The summed E-state index contributed by atoms with van der Waals surface area (Å²) in [6, 6.07) is 10.1. The van der Waals surface area contributed by atoms with Gasteiger partial charge < -0.3 is 5.32 Å². The molecule has 2 amide bonds. The van der Waals surface area contributed by atoms with Crippen molar-refractivity contribution in [1.82, 2.24) is 4.90 Å². The van der Waals surface area contributed by atoms with Crippen LogP contribution in [-0.4, -0.2) is 34.2 Å². The first kappa shape index (κ1) is 21.9. The zero-order chi connectivity index (χ0) is 22.1. The smallest absolute Gasteiger partial charge is 0.326 e. The van der Waals surface area contributed by atoms with Crippen LogP contribution in [0.4, 0.5) is 24.5 Å². The minimum atomic E-state index is -4.50. The topological polar surface area (TPSA) is 61.8 Å². The van der Waals surface area contributed by atoms with Gasteiger partial charge in [-0.2, -0.15) is 13.2 Å². The Morgan fingerprint density at radius 2 is 1.90 bits per heavy atom. The average molecular weight is 435 g/mol. The average Bonchev–Trinajstić information content (AvgIpc) is 2.92. The largest absolute Gasteiger partial charge is 0.416 e. The number of rotatable bonds is 4. The number of aliphatic imine (C=N–C) groups is 1. The fraction of sp³-hybridized carbons (Fsp3) is 0.286. The molecule has 3 rings (SSSR count). The third kappa shape index (κ3) is 5.02. The highest BCUT2D eigenvalue weighted by Gasteiger charge is 2.37. The molecule has 5 nitrogen and oxygen atoms in total. The van der Waals surface area contributed by atoms with Gasteiger partial charge in [0.2, 0.25) is 11.8 Å². The van der Waals surface area contributed by atoms with E-state index in [9.17, 15) is 22.8 Å². The lowest BCUT2D eigenvalue weighted by Crippen LogP contribution is -2.30. The summed E-state index contributed by atoms with van der Waals surface area (Å²) in [6.45, 7) is 3.96. The molecule has 2 aromatic rings. The van der Waals surface area contributed by atoms with Crippen LogP contribution in [0, 0.1) is 13.8 Å². The number of aryl methyl sites for hydroxylation is 2. The molecule has 1 atom stereocenters. The molecule has 158 valence electrons. The predicted molar refractivity (Wildman–Crippen MR) is 112 cm³/mol. The van der Waals surface area contributed by atoms with E-state index in [4.69, 9.17) is 0 Å². The van der Waals surface area contributed by atoms with Gasteiger partial charge >= 0.3 is 6.18 Å². The number of amidine groups is 1. The molecule has 0 aromatic heterocycles. The van der Waals surface area contributed by atoms with Crippen LogP contribution in [0.2, 0.25) is 0 Å². The molecule has 0 spiro atoms. The molecule has 2 aromatic carbocycles. The fourth-order valence-corrected chi connectivity index (χ4v) is 4.01. The third-order valence-corrected chi connectivity index (χ3v) is 5.93. The van der Waals surface area contributed by atoms with Crippen molar-refractivity contribution >= 4 is 40.1 Å². The zero-order valence-electron chi connectivity index (χ0n) is 16.6. The summed E-state index contributed by atoms with van der Waals surface area (Å²) in [5.74, 6) is -0.817. The fourth-order valence-electron chi connectivity index (χ4n) is 2.86. The van der Waals surface area contributed by atoms with Crippen molar-refractivity contribution in [2.24, 2.45) is 4.99 Å². The molecule has 1 N–H and O–H groups in total.